The van der Waals surface area contributed by atoms with Gasteiger partial charge in [-0.1, -0.05) is 12.2 Å². The van der Waals surface area contributed by atoms with Crippen molar-refractivity contribution in [2.45, 2.75) is 6.04 Å². The largest absolute Gasteiger partial charge is 0.467 e. The molecule has 1 atom stereocenters. The molecule has 0 spiro atoms. The number of halogens is 5. The number of hydrogen-bond acceptors (Lipinski definition) is 2. The molecule has 0 aliphatic heterocycles. The summed E-state index contributed by atoms with van der Waals surface area (Å²) in [7, 11) is 0. The summed E-state index contributed by atoms with van der Waals surface area (Å²) in [6.07, 6.45) is 4.12. The van der Waals surface area contributed by atoms with Crippen LogP contribution in [0.2, 0.25) is 0 Å². The molecule has 1 aromatic carbocycles. The van der Waals surface area contributed by atoms with Crippen molar-refractivity contribution in [3.05, 3.63) is 84.1 Å². The van der Waals surface area contributed by atoms with Crippen molar-refractivity contribution < 1.29 is 26.4 Å². The number of hydrogen-bond donors (Lipinski definition) is 0. The van der Waals surface area contributed by atoms with Gasteiger partial charge in [-0.25, -0.2) is 22.0 Å². The lowest BCUT2D eigenvalue weighted by Gasteiger charge is -2.29. The lowest BCUT2D eigenvalue weighted by molar-refractivity contribution is 0.229. The van der Waals surface area contributed by atoms with E-state index in [0.29, 0.717) is 0 Å². The minimum atomic E-state index is -2.20. The first-order valence-corrected chi connectivity index (χ1v) is 6.94. The van der Waals surface area contributed by atoms with Crippen LogP contribution in [0, 0.1) is 29.1 Å². The van der Waals surface area contributed by atoms with E-state index in [0.717, 1.165) is 0 Å². The first-order valence-electron chi connectivity index (χ1n) is 6.94. The van der Waals surface area contributed by atoms with Gasteiger partial charge >= 0.3 is 0 Å². The molecule has 1 aromatic heterocycles. The van der Waals surface area contributed by atoms with Gasteiger partial charge in [0, 0.05) is 13.1 Å². The van der Waals surface area contributed by atoms with Gasteiger partial charge in [0.25, 0.3) is 0 Å². The van der Waals surface area contributed by atoms with Gasteiger partial charge in [-0.2, -0.15) is 0 Å². The third-order valence-electron chi connectivity index (χ3n) is 3.42. The Hall–Kier alpha value is -2.41. The van der Waals surface area contributed by atoms with Crippen LogP contribution < -0.4 is 0 Å². The monoisotopic (exact) mass is 343 g/mol. The third-order valence-corrected chi connectivity index (χ3v) is 3.42. The van der Waals surface area contributed by atoms with Gasteiger partial charge < -0.3 is 4.42 Å². The fraction of sp³-hybridized carbons (Fsp3) is 0.176. The van der Waals surface area contributed by atoms with Crippen molar-refractivity contribution in [1.82, 2.24) is 4.90 Å². The van der Waals surface area contributed by atoms with Crippen molar-refractivity contribution in [3.8, 4) is 0 Å². The lowest BCUT2D eigenvalue weighted by atomic mass is 10.00. The lowest BCUT2D eigenvalue weighted by Crippen LogP contribution is -2.32. The van der Waals surface area contributed by atoms with Gasteiger partial charge in [0.2, 0.25) is 5.82 Å². The van der Waals surface area contributed by atoms with E-state index in [-0.39, 0.29) is 18.8 Å². The molecule has 2 aromatic rings. The summed E-state index contributed by atoms with van der Waals surface area (Å²) in [5.41, 5.74) is -0.981. The van der Waals surface area contributed by atoms with Crippen molar-refractivity contribution in [2.24, 2.45) is 0 Å². The summed E-state index contributed by atoms with van der Waals surface area (Å²) in [5.74, 6) is -9.97. The van der Waals surface area contributed by atoms with Crippen LogP contribution in [0.5, 0.6) is 0 Å². The topological polar surface area (TPSA) is 16.4 Å². The number of furan rings is 1. The Morgan fingerprint density at radius 2 is 1.42 bits per heavy atom. The second-order valence-corrected chi connectivity index (χ2v) is 4.93. The molecule has 24 heavy (non-hydrogen) atoms. The maximum Gasteiger partial charge on any atom is 0.200 e. The van der Waals surface area contributed by atoms with Gasteiger partial charge in [0.05, 0.1) is 11.8 Å². The van der Waals surface area contributed by atoms with Crippen LogP contribution in [-0.4, -0.2) is 18.0 Å². The van der Waals surface area contributed by atoms with Crippen molar-refractivity contribution >= 4 is 0 Å². The van der Waals surface area contributed by atoms with E-state index in [2.05, 4.69) is 13.2 Å². The molecule has 0 saturated heterocycles. The highest BCUT2D eigenvalue weighted by atomic mass is 19.2. The third kappa shape index (κ3) is 3.12. The molecular weight excluding hydrogens is 329 g/mol. The Morgan fingerprint density at radius 1 is 0.917 bits per heavy atom. The van der Waals surface area contributed by atoms with Gasteiger partial charge in [-0.15, -0.1) is 13.2 Å². The Labute approximate surface area is 135 Å². The maximum absolute atomic E-state index is 14.2. The molecular formula is C17H14F5NO. The summed E-state index contributed by atoms with van der Waals surface area (Å²) in [4.78, 5) is 1.41. The highest BCUT2D eigenvalue weighted by Gasteiger charge is 2.35. The standard InChI is InChI=1S/C17H14F5NO/c1-3-7-23(8-4-2)17(10-6-5-9-24-10)11-12(18)14(20)16(22)15(21)13(11)19/h3-6,9,17H,1-2,7-8H2. The predicted molar refractivity (Wildman–Crippen MR) is 78.8 cm³/mol. The van der Waals surface area contributed by atoms with E-state index in [9.17, 15) is 22.0 Å². The number of nitrogens with zero attached hydrogens (tertiary/aromatic N) is 1. The zero-order valence-corrected chi connectivity index (χ0v) is 12.5. The molecule has 2 rings (SSSR count). The van der Waals surface area contributed by atoms with Crippen LogP contribution in [0.1, 0.15) is 17.4 Å². The van der Waals surface area contributed by atoms with Crippen molar-refractivity contribution in [2.75, 3.05) is 13.1 Å². The van der Waals surface area contributed by atoms with Crippen LogP contribution >= 0.6 is 0 Å². The van der Waals surface area contributed by atoms with E-state index >= 15 is 0 Å². The van der Waals surface area contributed by atoms with E-state index in [1.54, 1.807) is 0 Å². The summed E-state index contributed by atoms with van der Waals surface area (Å²) >= 11 is 0. The molecule has 0 saturated carbocycles. The quantitative estimate of drug-likeness (QED) is 0.313. The molecule has 0 aliphatic carbocycles. The minimum Gasteiger partial charge on any atom is -0.467 e. The highest BCUT2D eigenvalue weighted by Crippen LogP contribution is 2.35. The average molecular weight is 343 g/mol. The Morgan fingerprint density at radius 3 is 1.83 bits per heavy atom. The molecule has 0 N–H and O–H groups in total. The average Bonchev–Trinajstić information content (AvgIpc) is 3.09. The second-order valence-electron chi connectivity index (χ2n) is 4.93. The zero-order chi connectivity index (χ0) is 17.9. The molecule has 0 aliphatic rings. The molecule has 0 fully saturated rings. The van der Waals surface area contributed by atoms with Crippen LogP contribution in [0.15, 0.2) is 48.1 Å². The van der Waals surface area contributed by atoms with Gasteiger partial charge in [0.15, 0.2) is 23.3 Å². The first-order chi connectivity index (χ1) is 11.4. The highest BCUT2D eigenvalue weighted by molar-refractivity contribution is 5.32. The van der Waals surface area contributed by atoms with Crippen molar-refractivity contribution in [3.63, 3.8) is 0 Å². The summed E-state index contributed by atoms with van der Waals surface area (Å²) in [6.45, 7) is 7.28. The fourth-order valence-electron chi connectivity index (χ4n) is 2.43. The SMILES string of the molecule is C=CCN(CC=C)C(c1ccco1)c1c(F)c(F)c(F)c(F)c1F. The van der Waals surface area contributed by atoms with E-state index in [1.807, 2.05) is 0 Å². The maximum atomic E-state index is 14.2. The zero-order valence-electron chi connectivity index (χ0n) is 12.5. The van der Waals surface area contributed by atoms with Crippen LogP contribution in [0.25, 0.3) is 0 Å². The molecule has 1 heterocycles. The number of rotatable bonds is 7. The Balaban J connectivity index is 2.73. The van der Waals surface area contributed by atoms with E-state index in [1.165, 1.54) is 35.4 Å². The normalized spacial score (nSPS) is 12.4. The van der Waals surface area contributed by atoms with Gasteiger partial charge in [-0.05, 0) is 12.1 Å². The molecule has 1 unspecified atom stereocenters. The minimum absolute atomic E-state index is 0.0295. The Kier molecular flexibility index (Phi) is 5.56. The van der Waals surface area contributed by atoms with E-state index < -0.39 is 40.7 Å². The Bertz CT molecular complexity index is 703. The summed E-state index contributed by atoms with van der Waals surface area (Å²) in [5, 5.41) is 0. The van der Waals surface area contributed by atoms with Crippen LogP contribution in [0.3, 0.4) is 0 Å². The number of benzene rings is 1. The molecule has 0 radical (unpaired) electrons. The van der Waals surface area contributed by atoms with Crippen LogP contribution in [-0.2, 0) is 0 Å². The van der Waals surface area contributed by atoms with Crippen LogP contribution in [0.4, 0.5) is 22.0 Å². The molecule has 7 heteroatoms. The molecule has 128 valence electrons. The smallest absolute Gasteiger partial charge is 0.200 e. The molecule has 2 nitrogen and oxygen atoms in total. The van der Waals surface area contributed by atoms with Crippen molar-refractivity contribution in [1.29, 1.82) is 0 Å². The molecule has 0 amide bonds. The fourth-order valence-corrected chi connectivity index (χ4v) is 2.43. The predicted octanol–water partition coefficient (Wildman–Crippen LogP) is 4.74. The first kappa shape index (κ1) is 17.9. The molecule has 0 bridgehead atoms. The van der Waals surface area contributed by atoms with Gasteiger partial charge in [-0.3, -0.25) is 4.90 Å². The summed E-state index contributed by atoms with van der Waals surface area (Å²) in [6, 6.07) is 1.51. The van der Waals surface area contributed by atoms with Gasteiger partial charge in [0.1, 0.15) is 11.8 Å². The second kappa shape index (κ2) is 7.44. The van der Waals surface area contributed by atoms with E-state index in [4.69, 9.17) is 4.42 Å². The summed E-state index contributed by atoms with van der Waals surface area (Å²) < 4.78 is 74.1.